The van der Waals surface area contributed by atoms with Gasteiger partial charge in [-0.3, -0.25) is 9.10 Å². The molecule has 34 heavy (non-hydrogen) atoms. The van der Waals surface area contributed by atoms with Gasteiger partial charge in [-0.1, -0.05) is 35.9 Å². The average Bonchev–Trinajstić information content (AvgIpc) is 2.83. The number of methoxy groups -OCH3 is 2. The van der Waals surface area contributed by atoms with Crippen LogP contribution in [-0.4, -0.2) is 41.3 Å². The molecule has 0 fully saturated rings. The molecule has 3 rings (SSSR count). The molecule has 0 radical (unpaired) electrons. The Balaban J connectivity index is 1.67. The smallest absolute Gasteiger partial charge is 0.251 e. The first-order valence-corrected chi connectivity index (χ1v) is 12.7. The van der Waals surface area contributed by atoms with Gasteiger partial charge < -0.3 is 14.8 Å². The van der Waals surface area contributed by atoms with Crippen LogP contribution in [0.25, 0.3) is 0 Å². The van der Waals surface area contributed by atoms with Crippen molar-refractivity contribution in [1.82, 2.24) is 5.32 Å². The van der Waals surface area contributed by atoms with E-state index in [0.717, 1.165) is 17.4 Å². The van der Waals surface area contributed by atoms with E-state index in [-0.39, 0.29) is 12.5 Å². The van der Waals surface area contributed by atoms with Crippen LogP contribution in [0.1, 0.15) is 21.5 Å². The zero-order valence-corrected chi connectivity index (χ0v) is 20.8. The maximum atomic E-state index is 12.5. The van der Waals surface area contributed by atoms with E-state index in [1.165, 1.54) is 18.5 Å². The highest BCUT2D eigenvalue weighted by Crippen LogP contribution is 2.33. The molecule has 3 aromatic rings. The number of ether oxygens (including phenoxy) is 2. The van der Waals surface area contributed by atoms with Crippen LogP contribution in [0.4, 0.5) is 5.69 Å². The molecule has 0 spiro atoms. The van der Waals surface area contributed by atoms with Crippen molar-refractivity contribution in [2.75, 3.05) is 31.3 Å². The fourth-order valence-corrected chi connectivity index (χ4v) is 4.39. The summed E-state index contributed by atoms with van der Waals surface area (Å²) in [5, 5.41) is 3.57. The zero-order chi connectivity index (χ0) is 24.7. The van der Waals surface area contributed by atoms with Crippen LogP contribution < -0.4 is 19.1 Å². The highest BCUT2D eigenvalue weighted by atomic mass is 35.5. The molecule has 3 aromatic carbocycles. The predicted molar refractivity (Wildman–Crippen MR) is 135 cm³/mol. The first kappa shape index (κ1) is 25.4. The number of nitrogens with zero attached hydrogens (tertiary/aromatic N) is 1. The molecule has 0 bridgehead atoms. The van der Waals surface area contributed by atoms with Gasteiger partial charge in [-0.2, -0.15) is 0 Å². The van der Waals surface area contributed by atoms with E-state index in [2.05, 4.69) is 5.32 Å². The van der Waals surface area contributed by atoms with Gasteiger partial charge in [0.25, 0.3) is 5.91 Å². The number of hydrogen-bond acceptors (Lipinski definition) is 5. The number of sulfonamides is 1. The molecule has 0 aliphatic carbocycles. The largest absolute Gasteiger partial charge is 0.493 e. The SMILES string of the molecule is COc1ccc(N(Cc2ccc(C(=O)NCCc3ccc(Cl)cc3)cc2)S(C)(=O)=O)cc1OC. The molecule has 0 aromatic heterocycles. The number of anilines is 1. The maximum Gasteiger partial charge on any atom is 0.251 e. The summed E-state index contributed by atoms with van der Waals surface area (Å²) in [6.45, 7) is 0.593. The minimum Gasteiger partial charge on any atom is -0.493 e. The summed E-state index contributed by atoms with van der Waals surface area (Å²) in [7, 11) is -0.572. The lowest BCUT2D eigenvalue weighted by atomic mass is 10.1. The zero-order valence-electron chi connectivity index (χ0n) is 19.2. The number of rotatable bonds is 10. The Labute approximate surface area is 205 Å². The molecule has 0 saturated carbocycles. The Morgan fingerprint density at radius 3 is 2.12 bits per heavy atom. The van der Waals surface area contributed by atoms with Gasteiger partial charge in [0, 0.05) is 23.2 Å². The average molecular weight is 503 g/mol. The minimum absolute atomic E-state index is 0.104. The van der Waals surface area contributed by atoms with Crippen molar-refractivity contribution in [3.8, 4) is 11.5 Å². The van der Waals surface area contributed by atoms with Crippen LogP contribution in [0.5, 0.6) is 11.5 Å². The molecule has 0 heterocycles. The van der Waals surface area contributed by atoms with Crippen LogP contribution in [0.15, 0.2) is 66.7 Å². The fourth-order valence-electron chi connectivity index (χ4n) is 3.38. The second kappa shape index (κ2) is 11.3. The Morgan fingerprint density at radius 2 is 1.53 bits per heavy atom. The monoisotopic (exact) mass is 502 g/mol. The van der Waals surface area contributed by atoms with E-state index in [0.29, 0.717) is 40.7 Å². The van der Waals surface area contributed by atoms with Gasteiger partial charge >= 0.3 is 0 Å². The van der Waals surface area contributed by atoms with E-state index in [4.69, 9.17) is 21.1 Å². The molecule has 180 valence electrons. The van der Waals surface area contributed by atoms with E-state index in [1.807, 2.05) is 24.3 Å². The van der Waals surface area contributed by atoms with Crippen molar-refractivity contribution >= 4 is 33.2 Å². The lowest BCUT2D eigenvalue weighted by Crippen LogP contribution is -2.29. The Kier molecular flexibility index (Phi) is 8.41. The molecule has 0 saturated heterocycles. The van der Waals surface area contributed by atoms with E-state index in [9.17, 15) is 13.2 Å². The highest BCUT2D eigenvalue weighted by molar-refractivity contribution is 7.92. The highest BCUT2D eigenvalue weighted by Gasteiger charge is 2.20. The molecular formula is C25H27ClN2O5S. The van der Waals surface area contributed by atoms with Crippen molar-refractivity contribution < 1.29 is 22.7 Å². The fraction of sp³-hybridized carbons (Fsp3) is 0.240. The number of carbonyl (C=O) groups excluding carboxylic acids is 1. The van der Waals surface area contributed by atoms with E-state index < -0.39 is 10.0 Å². The number of amides is 1. The quantitative estimate of drug-likeness (QED) is 0.447. The third-order valence-electron chi connectivity index (χ3n) is 5.21. The van der Waals surface area contributed by atoms with Crippen molar-refractivity contribution in [3.05, 3.63) is 88.4 Å². The maximum absolute atomic E-state index is 12.5. The van der Waals surface area contributed by atoms with Gasteiger partial charge in [0.15, 0.2) is 11.5 Å². The van der Waals surface area contributed by atoms with Crippen molar-refractivity contribution in [1.29, 1.82) is 0 Å². The third-order valence-corrected chi connectivity index (χ3v) is 6.60. The lowest BCUT2D eigenvalue weighted by molar-refractivity contribution is 0.0954. The summed E-state index contributed by atoms with van der Waals surface area (Å²) in [5.41, 5.74) is 2.76. The molecule has 7 nitrogen and oxygen atoms in total. The van der Waals surface area contributed by atoms with Crippen molar-refractivity contribution in [2.45, 2.75) is 13.0 Å². The molecule has 0 aliphatic rings. The molecule has 0 aliphatic heterocycles. The van der Waals surface area contributed by atoms with Crippen LogP contribution in [0, 0.1) is 0 Å². The summed E-state index contributed by atoms with van der Waals surface area (Å²) in [6.07, 6.45) is 1.84. The van der Waals surface area contributed by atoms with Gasteiger partial charge in [-0.05, 0) is 53.9 Å². The summed E-state index contributed by atoms with van der Waals surface area (Å²) in [6, 6.07) is 19.3. The molecule has 1 amide bonds. The summed E-state index contributed by atoms with van der Waals surface area (Å²) < 4.78 is 36.8. The van der Waals surface area contributed by atoms with Crippen LogP contribution >= 0.6 is 11.6 Å². The number of nitrogens with one attached hydrogen (secondary N) is 1. The number of halogens is 1. The van der Waals surface area contributed by atoms with Crippen molar-refractivity contribution in [2.24, 2.45) is 0 Å². The van der Waals surface area contributed by atoms with Gasteiger partial charge in [0.1, 0.15) is 0 Å². The van der Waals surface area contributed by atoms with Crippen LogP contribution in [-0.2, 0) is 23.0 Å². The summed E-state index contributed by atoms with van der Waals surface area (Å²) >= 11 is 5.89. The van der Waals surface area contributed by atoms with Gasteiger partial charge in [-0.15, -0.1) is 0 Å². The molecule has 0 unspecified atom stereocenters. The standard InChI is InChI=1S/C25H27ClN2O5S/c1-32-23-13-12-22(16-24(23)33-2)28(34(3,30)31)17-19-4-8-20(9-5-19)25(29)27-15-14-18-6-10-21(26)11-7-18/h4-13,16H,14-15,17H2,1-3H3,(H,27,29). The number of carbonyl (C=O) groups is 1. The van der Waals surface area contributed by atoms with E-state index >= 15 is 0 Å². The Morgan fingerprint density at radius 1 is 0.912 bits per heavy atom. The van der Waals surface area contributed by atoms with Crippen molar-refractivity contribution in [3.63, 3.8) is 0 Å². The van der Waals surface area contributed by atoms with Gasteiger partial charge in [-0.25, -0.2) is 8.42 Å². The summed E-state index contributed by atoms with van der Waals surface area (Å²) in [4.78, 5) is 12.5. The predicted octanol–water partition coefficient (Wildman–Crippen LogP) is 4.30. The molecular weight excluding hydrogens is 476 g/mol. The lowest BCUT2D eigenvalue weighted by Gasteiger charge is -2.23. The van der Waals surface area contributed by atoms with Crippen LogP contribution in [0.3, 0.4) is 0 Å². The number of benzene rings is 3. The summed E-state index contributed by atoms with van der Waals surface area (Å²) in [5.74, 6) is 0.741. The van der Waals surface area contributed by atoms with Gasteiger partial charge in [0.2, 0.25) is 10.0 Å². The topological polar surface area (TPSA) is 84.9 Å². The second-order valence-corrected chi connectivity index (χ2v) is 9.98. The number of hydrogen-bond donors (Lipinski definition) is 1. The first-order valence-electron chi connectivity index (χ1n) is 10.5. The first-order chi connectivity index (χ1) is 16.2. The Hall–Kier alpha value is -3.23. The normalized spacial score (nSPS) is 11.1. The molecule has 0 atom stereocenters. The molecule has 1 N–H and O–H groups in total. The Bertz CT molecular complexity index is 1230. The molecule has 9 heteroatoms. The van der Waals surface area contributed by atoms with Gasteiger partial charge in [0.05, 0.1) is 32.7 Å². The second-order valence-electron chi connectivity index (χ2n) is 7.64. The van der Waals surface area contributed by atoms with Crippen LogP contribution in [0.2, 0.25) is 5.02 Å². The third kappa shape index (κ3) is 6.65. The van der Waals surface area contributed by atoms with E-state index in [1.54, 1.807) is 42.5 Å². The minimum atomic E-state index is -3.58.